The summed E-state index contributed by atoms with van der Waals surface area (Å²) in [6.07, 6.45) is 7.81. The second-order valence-electron chi connectivity index (χ2n) is 5.89. The third-order valence-electron chi connectivity index (χ3n) is 4.09. The van der Waals surface area contributed by atoms with Gasteiger partial charge in [0.1, 0.15) is 17.3 Å². The maximum Gasteiger partial charge on any atom is 0.222 e. The lowest BCUT2D eigenvalue weighted by Gasteiger charge is -2.07. The van der Waals surface area contributed by atoms with Crippen molar-refractivity contribution in [2.45, 2.75) is 13.0 Å². The molecule has 0 fully saturated rings. The summed E-state index contributed by atoms with van der Waals surface area (Å²) in [4.78, 5) is 15.9. The Kier molecular flexibility index (Phi) is 4.27. The van der Waals surface area contributed by atoms with E-state index in [4.69, 9.17) is 0 Å². The van der Waals surface area contributed by atoms with Crippen LogP contribution in [0, 0.1) is 11.6 Å². The molecule has 0 atom stereocenters. The van der Waals surface area contributed by atoms with Crippen molar-refractivity contribution in [1.29, 1.82) is 0 Å². The molecule has 0 aliphatic rings. The average molecular weight is 351 g/mol. The van der Waals surface area contributed by atoms with E-state index in [0.29, 0.717) is 17.9 Å². The SMILES string of the molecule is Fc1ccc(CNc2ncc(Cc3c[nH]c4ncccc34)cn2)c(F)c1. The summed E-state index contributed by atoms with van der Waals surface area (Å²) in [6, 6.07) is 7.40. The van der Waals surface area contributed by atoms with E-state index in [2.05, 4.69) is 25.3 Å². The lowest BCUT2D eigenvalue weighted by atomic mass is 10.1. The zero-order chi connectivity index (χ0) is 17.9. The van der Waals surface area contributed by atoms with Crippen LogP contribution in [0.5, 0.6) is 0 Å². The van der Waals surface area contributed by atoms with Crippen LogP contribution in [0.15, 0.2) is 55.1 Å². The fraction of sp³-hybridized carbons (Fsp3) is 0.105. The molecule has 7 heteroatoms. The predicted molar refractivity (Wildman–Crippen MR) is 94.6 cm³/mol. The molecule has 0 unspecified atom stereocenters. The smallest absolute Gasteiger partial charge is 0.222 e. The normalized spacial score (nSPS) is 11.0. The van der Waals surface area contributed by atoms with Gasteiger partial charge in [-0.25, -0.2) is 23.7 Å². The quantitative estimate of drug-likeness (QED) is 0.573. The van der Waals surface area contributed by atoms with Gasteiger partial charge < -0.3 is 10.3 Å². The van der Waals surface area contributed by atoms with E-state index in [1.165, 1.54) is 12.1 Å². The highest BCUT2D eigenvalue weighted by atomic mass is 19.1. The summed E-state index contributed by atoms with van der Waals surface area (Å²) in [5.41, 5.74) is 3.27. The molecular formula is C19H15F2N5. The van der Waals surface area contributed by atoms with Gasteiger partial charge in [-0.2, -0.15) is 0 Å². The minimum absolute atomic E-state index is 0.180. The van der Waals surface area contributed by atoms with E-state index in [1.807, 2.05) is 18.3 Å². The molecule has 26 heavy (non-hydrogen) atoms. The van der Waals surface area contributed by atoms with Gasteiger partial charge in [0, 0.05) is 54.8 Å². The molecule has 4 rings (SSSR count). The summed E-state index contributed by atoms with van der Waals surface area (Å²) >= 11 is 0. The molecule has 0 amide bonds. The molecule has 4 aromatic rings. The summed E-state index contributed by atoms with van der Waals surface area (Å²) in [5, 5.41) is 4.01. The van der Waals surface area contributed by atoms with E-state index in [9.17, 15) is 8.78 Å². The first-order valence-electron chi connectivity index (χ1n) is 8.09. The Morgan fingerprint density at radius 2 is 1.85 bits per heavy atom. The molecular weight excluding hydrogens is 336 g/mol. The largest absolute Gasteiger partial charge is 0.350 e. The number of fused-ring (bicyclic) bond motifs is 1. The minimum Gasteiger partial charge on any atom is -0.350 e. The average Bonchev–Trinajstić information content (AvgIpc) is 3.05. The predicted octanol–water partition coefficient (Wildman–Crippen LogP) is 3.83. The van der Waals surface area contributed by atoms with Gasteiger partial charge >= 0.3 is 0 Å². The third kappa shape index (κ3) is 3.37. The minimum atomic E-state index is -0.598. The fourth-order valence-electron chi connectivity index (χ4n) is 2.76. The van der Waals surface area contributed by atoms with E-state index >= 15 is 0 Å². The van der Waals surface area contributed by atoms with Crippen molar-refractivity contribution in [1.82, 2.24) is 19.9 Å². The van der Waals surface area contributed by atoms with Crippen LogP contribution in [0.3, 0.4) is 0 Å². The van der Waals surface area contributed by atoms with Gasteiger partial charge in [0.15, 0.2) is 0 Å². The van der Waals surface area contributed by atoms with Gasteiger partial charge in [-0.3, -0.25) is 0 Å². The molecule has 5 nitrogen and oxygen atoms in total. The zero-order valence-corrected chi connectivity index (χ0v) is 13.7. The Labute approximate surface area is 148 Å². The summed E-state index contributed by atoms with van der Waals surface area (Å²) in [5.74, 6) is -0.806. The number of H-pyrrole nitrogens is 1. The molecule has 3 aromatic heterocycles. The van der Waals surface area contributed by atoms with Gasteiger partial charge in [0.05, 0.1) is 0 Å². The number of halogens is 2. The highest BCUT2D eigenvalue weighted by Crippen LogP contribution is 2.19. The topological polar surface area (TPSA) is 66.5 Å². The molecule has 0 saturated heterocycles. The van der Waals surface area contributed by atoms with Crippen LogP contribution in [0.4, 0.5) is 14.7 Å². The number of aromatic amines is 1. The van der Waals surface area contributed by atoms with Gasteiger partial charge in [-0.05, 0) is 29.3 Å². The number of hydrogen-bond donors (Lipinski definition) is 2. The molecule has 0 aliphatic heterocycles. The number of rotatable bonds is 5. The monoisotopic (exact) mass is 351 g/mol. The van der Waals surface area contributed by atoms with Crippen molar-refractivity contribution in [3.63, 3.8) is 0 Å². The molecule has 3 heterocycles. The summed E-state index contributed by atoms with van der Waals surface area (Å²) in [7, 11) is 0. The lowest BCUT2D eigenvalue weighted by molar-refractivity contribution is 0.574. The Morgan fingerprint density at radius 3 is 2.65 bits per heavy atom. The van der Waals surface area contributed by atoms with Crippen LogP contribution in [-0.4, -0.2) is 19.9 Å². The fourth-order valence-corrected chi connectivity index (χ4v) is 2.76. The van der Waals surface area contributed by atoms with Crippen molar-refractivity contribution >= 4 is 17.0 Å². The number of benzene rings is 1. The summed E-state index contributed by atoms with van der Waals surface area (Å²) in [6.45, 7) is 0.180. The van der Waals surface area contributed by atoms with Crippen LogP contribution in [0.1, 0.15) is 16.7 Å². The lowest BCUT2D eigenvalue weighted by Crippen LogP contribution is -2.05. The Balaban J connectivity index is 1.43. The van der Waals surface area contributed by atoms with Crippen molar-refractivity contribution in [2.24, 2.45) is 0 Å². The second kappa shape index (κ2) is 6.87. The maximum absolute atomic E-state index is 13.6. The van der Waals surface area contributed by atoms with Crippen LogP contribution < -0.4 is 5.32 Å². The highest BCUT2D eigenvalue weighted by molar-refractivity contribution is 5.79. The number of aromatic nitrogens is 4. The molecule has 0 radical (unpaired) electrons. The molecule has 0 aliphatic carbocycles. The third-order valence-corrected chi connectivity index (χ3v) is 4.09. The van der Waals surface area contributed by atoms with Crippen molar-refractivity contribution in [3.05, 3.63) is 83.4 Å². The molecule has 2 N–H and O–H groups in total. The van der Waals surface area contributed by atoms with Crippen molar-refractivity contribution in [3.8, 4) is 0 Å². The molecule has 130 valence electrons. The molecule has 0 saturated carbocycles. The van der Waals surface area contributed by atoms with E-state index in [-0.39, 0.29) is 6.54 Å². The number of hydrogen-bond acceptors (Lipinski definition) is 4. The Morgan fingerprint density at radius 1 is 1.00 bits per heavy atom. The molecule has 0 spiro atoms. The first kappa shape index (κ1) is 16.1. The van der Waals surface area contributed by atoms with Gasteiger partial charge in [-0.1, -0.05) is 6.07 Å². The second-order valence-corrected chi connectivity index (χ2v) is 5.89. The number of anilines is 1. The maximum atomic E-state index is 13.6. The van der Waals surface area contributed by atoms with E-state index in [0.717, 1.165) is 28.2 Å². The molecule has 1 aromatic carbocycles. The number of nitrogens with one attached hydrogen (secondary N) is 2. The number of pyridine rings is 1. The van der Waals surface area contributed by atoms with E-state index < -0.39 is 11.6 Å². The van der Waals surface area contributed by atoms with Gasteiger partial charge in [0.2, 0.25) is 5.95 Å². The molecule has 0 bridgehead atoms. The highest BCUT2D eigenvalue weighted by Gasteiger charge is 2.07. The zero-order valence-electron chi connectivity index (χ0n) is 13.7. The van der Waals surface area contributed by atoms with Gasteiger partial charge in [0.25, 0.3) is 0 Å². The van der Waals surface area contributed by atoms with Crippen LogP contribution in [0.2, 0.25) is 0 Å². The van der Waals surface area contributed by atoms with Crippen LogP contribution >= 0.6 is 0 Å². The summed E-state index contributed by atoms with van der Waals surface area (Å²) < 4.78 is 26.5. The van der Waals surface area contributed by atoms with Crippen LogP contribution in [0.25, 0.3) is 11.0 Å². The first-order valence-corrected chi connectivity index (χ1v) is 8.09. The first-order chi connectivity index (χ1) is 12.7. The Bertz CT molecular complexity index is 1040. The van der Waals surface area contributed by atoms with Gasteiger partial charge in [-0.15, -0.1) is 0 Å². The standard InChI is InChI=1S/C19H15F2N5/c20-15-4-3-13(17(21)7-15)10-26-19-24-8-12(9-25-19)6-14-11-23-18-16(14)2-1-5-22-18/h1-5,7-9,11H,6,10H2,(H,22,23)(H,24,25,26). The van der Waals surface area contributed by atoms with Crippen LogP contribution in [-0.2, 0) is 13.0 Å². The van der Waals surface area contributed by atoms with E-state index in [1.54, 1.807) is 18.6 Å². The van der Waals surface area contributed by atoms with Crippen molar-refractivity contribution < 1.29 is 8.78 Å². The Hall–Kier alpha value is -3.35. The number of nitrogens with zero attached hydrogens (tertiary/aromatic N) is 3. The van der Waals surface area contributed by atoms with Crippen molar-refractivity contribution in [2.75, 3.05) is 5.32 Å².